The lowest BCUT2D eigenvalue weighted by Gasteiger charge is -2.46. The maximum atomic E-state index is 14.5. The lowest BCUT2D eigenvalue weighted by Crippen LogP contribution is -2.67. The summed E-state index contributed by atoms with van der Waals surface area (Å²) >= 11 is 0. The summed E-state index contributed by atoms with van der Waals surface area (Å²) in [6.45, 7) is 7.24. The van der Waals surface area contributed by atoms with Gasteiger partial charge in [-0.1, -0.05) is 19.9 Å². The van der Waals surface area contributed by atoms with Gasteiger partial charge in [0.1, 0.15) is 11.4 Å². The van der Waals surface area contributed by atoms with Crippen molar-refractivity contribution in [1.29, 1.82) is 0 Å². The van der Waals surface area contributed by atoms with Crippen LogP contribution in [0, 0.1) is 24.4 Å². The molecule has 0 aromatic heterocycles. The zero-order valence-corrected chi connectivity index (χ0v) is 18.6. The molecule has 1 aliphatic rings. The molecule has 1 amide bonds. The first kappa shape index (κ1) is 25.6. The molecule has 176 valence electrons. The number of aliphatic hydroxyl groups is 1. The van der Waals surface area contributed by atoms with Crippen LogP contribution in [0.1, 0.15) is 36.2 Å². The number of carbonyl (C=O) groups excluding carboxylic acids is 1. The molecule has 1 fully saturated rings. The van der Waals surface area contributed by atoms with Crippen LogP contribution in [0.5, 0.6) is 0 Å². The van der Waals surface area contributed by atoms with E-state index in [1.165, 1.54) is 17.0 Å². The average molecular weight is 453 g/mol. The number of hydrogen-bond acceptors (Lipinski definition) is 5. The number of nitrogens with two attached hydrogens (primary N) is 1. The summed E-state index contributed by atoms with van der Waals surface area (Å²) in [5.41, 5.74) is 4.31. The molecular weight excluding hydrogens is 421 g/mol. The van der Waals surface area contributed by atoms with E-state index < -0.39 is 34.6 Å². The molecule has 0 spiro atoms. The SMILES string of the molecule is CC.Cc1ccc(Nc2c(C(=O)N3CC(O)(CNCCCN)C3)ccc(F)c2F)c(F)c1. The number of amides is 1. The Kier molecular flexibility index (Phi) is 9.06. The van der Waals surface area contributed by atoms with Crippen molar-refractivity contribution in [3.8, 4) is 0 Å². The Morgan fingerprint density at radius 3 is 2.47 bits per heavy atom. The summed E-state index contributed by atoms with van der Waals surface area (Å²) in [7, 11) is 0. The van der Waals surface area contributed by atoms with Crippen LogP contribution in [-0.2, 0) is 0 Å². The Morgan fingerprint density at radius 1 is 1.16 bits per heavy atom. The van der Waals surface area contributed by atoms with Gasteiger partial charge in [-0.2, -0.15) is 0 Å². The van der Waals surface area contributed by atoms with Crippen LogP contribution < -0.4 is 16.4 Å². The normalized spacial score (nSPS) is 14.3. The van der Waals surface area contributed by atoms with Crippen molar-refractivity contribution in [3.63, 3.8) is 0 Å². The third-order valence-corrected chi connectivity index (χ3v) is 4.98. The highest BCUT2D eigenvalue weighted by atomic mass is 19.2. The largest absolute Gasteiger partial charge is 0.385 e. The summed E-state index contributed by atoms with van der Waals surface area (Å²) in [4.78, 5) is 14.2. The van der Waals surface area contributed by atoms with Gasteiger partial charge in [0, 0.05) is 6.54 Å². The second kappa shape index (κ2) is 11.3. The fraction of sp³-hybridized carbons (Fsp3) is 0.435. The third kappa shape index (κ3) is 5.99. The van der Waals surface area contributed by atoms with Crippen molar-refractivity contribution < 1.29 is 23.1 Å². The number of rotatable bonds is 8. The molecule has 0 radical (unpaired) electrons. The molecule has 6 nitrogen and oxygen atoms in total. The molecule has 0 atom stereocenters. The fourth-order valence-electron chi connectivity index (χ4n) is 3.35. The smallest absolute Gasteiger partial charge is 0.256 e. The number of aryl methyl sites for hydroxylation is 1. The third-order valence-electron chi connectivity index (χ3n) is 4.98. The second-order valence-electron chi connectivity index (χ2n) is 7.60. The Morgan fingerprint density at radius 2 is 1.84 bits per heavy atom. The number of benzene rings is 2. The monoisotopic (exact) mass is 452 g/mol. The van der Waals surface area contributed by atoms with E-state index >= 15 is 0 Å². The van der Waals surface area contributed by atoms with Gasteiger partial charge in [-0.25, -0.2) is 13.2 Å². The van der Waals surface area contributed by atoms with E-state index in [1.54, 1.807) is 13.0 Å². The van der Waals surface area contributed by atoms with E-state index in [2.05, 4.69) is 10.6 Å². The lowest BCUT2D eigenvalue weighted by atomic mass is 9.92. The minimum Gasteiger partial charge on any atom is -0.385 e. The Labute approximate surface area is 186 Å². The van der Waals surface area contributed by atoms with Crippen LogP contribution in [0.3, 0.4) is 0 Å². The molecule has 2 aromatic rings. The fourth-order valence-corrected chi connectivity index (χ4v) is 3.35. The van der Waals surface area contributed by atoms with Crippen molar-refractivity contribution in [3.05, 3.63) is 58.9 Å². The van der Waals surface area contributed by atoms with Gasteiger partial charge in [-0.3, -0.25) is 4.79 Å². The highest BCUT2D eigenvalue weighted by Crippen LogP contribution is 2.31. The van der Waals surface area contributed by atoms with Crippen LogP contribution in [-0.4, -0.2) is 54.2 Å². The first-order chi connectivity index (χ1) is 15.2. The molecular formula is C23H31F3N4O2. The summed E-state index contributed by atoms with van der Waals surface area (Å²) in [6.07, 6.45) is 0.762. The standard InChI is InChI=1S/C21H25F3N4O2.C2H6/c1-13-3-6-17(16(23)9-13)27-19-14(4-5-15(22)18(19)24)20(29)28-11-21(30,12-28)10-26-8-2-7-25;1-2/h3-6,9,26-27,30H,2,7-8,10-12,25H2,1H3;1-2H3. The number of anilines is 2. The highest BCUT2D eigenvalue weighted by Gasteiger charge is 2.44. The predicted molar refractivity (Wildman–Crippen MR) is 120 cm³/mol. The minimum atomic E-state index is -1.28. The van der Waals surface area contributed by atoms with Crippen LogP contribution in [0.4, 0.5) is 24.5 Å². The molecule has 0 bridgehead atoms. The summed E-state index contributed by atoms with van der Waals surface area (Å²) in [6, 6.07) is 6.23. The first-order valence-electron chi connectivity index (χ1n) is 10.7. The van der Waals surface area contributed by atoms with Gasteiger partial charge in [-0.15, -0.1) is 0 Å². The summed E-state index contributed by atoms with van der Waals surface area (Å²) < 4.78 is 42.5. The summed E-state index contributed by atoms with van der Waals surface area (Å²) in [5, 5.41) is 16.0. The van der Waals surface area contributed by atoms with Crippen molar-refractivity contribution in [2.24, 2.45) is 5.73 Å². The zero-order valence-electron chi connectivity index (χ0n) is 18.6. The topological polar surface area (TPSA) is 90.6 Å². The number of halogens is 3. The number of nitrogens with one attached hydrogen (secondary N) is 2. The molecule has 5 N–H and O–H groups in total. The van der Waals surface area contributed by atoms with Crippen LogP contribution >= 0.6 is 0 Å². The highest BCUT2D eigenvalue weighted by molar-refractivity contribution is 6.01. The molecule has 0 unspecified atom stereocenters. The molecule has 0 saturated carbocycles. The van der Waals surface area contributed by atoms with Crippen molar-refractivity contribution in [2.45, 2.75) is 32.8 Å². The van der Waals surface area contributed by atoms with Gasteiger partial charge in [-0.05, 0) is 56.3 Å². The van der Waals surface area contributed by atoms with Crippen LogP contribution in [0.25, 0.3) is 0 Å². The average Bonchev–Trinajstić information content (AvgIpc) is 2.75. The molecule has 2 aromatic carbocycles. The molecule has 1 aliphatic heterocycles. The molecule has 9 heteroatoms. The molecule has 0 aliphatic carbocycles. The number of hydrogen-bond donors (Lipinski definition) is 4. The van der Waals surface area contributed by atoms with Gasteiger partial charge >= 0.3 is 0 Å². The quantitative estimate of drug-likeness (QED) is 0.462. The van der Waals surface area contributed by atoms with Gasteiger partial charge in [0.15, 0.2) is 11.6 Å². The molecule has 1 saturated heterocycles. The number of nitrogens with zero attached hydrogens (tertiary/aromatic N) is 1. The second-order valence-corrected chi connectivity index (χ2v) is 7.60. The van der Waals surface area contributed by atoms with E-state index in [0.29, 0.717) is 18.7 Å². The van der Waals surface area contributed by atoms with Crippen molar-refractivity contribution >= 4 is 17.3 Å². The minimum absolute atomic E-state index is 0.0405. The zero-order chi connectivity index (χ0) is 23.9. The van der Waals surface area contributed by atoms with Crippen LogP contribution in [0.2, 0.25) is 0 Å². The van der Waals surface area contributed by atoms with Crippen LogP contribution in [0.15, 0.2) is 30.3 Å². The molecule has 3 rings (SSSR count). The van der Waals surface area contributed by atoms with E-state index in [-0.39, 0.29) is 30.9 Å². The van der Waals surface area contributed by atoms with E-state index in [9.17, 15) is 23.1 Å². The Bertz CT molecular complexity index is 934. The number of carbonyl (C=O) groups is 1. The lowest BCUT2D eigenvalue weighted by molar-refractivity contribution is -0.0784. The van der Waals surface area contributed by atoms with Crippen molar-refractivity contribution in [2.75, 3.05) is 38.0 Å². The Balaban J connectivity index is 0.00000176. The number of β-amino-alcohol motifs (C(OH)–C–C–N with tert-alkyl or cyclic N) is 1. The van der Waals surface area contributed by atoms with E-state index in [0.717, 1.165) is 18.6 Å². The molecule has 32 heavy (non-hydrogen) atoms. The van der Waals surface area contributed by atoms with Gasteiger partial charge in [0.05, 0.1) is 30.0 Å². The van der Waals surface area contributed by atoms with E-state index in [4.69, 9.17) is 5.73 Å². The molecule has 1 heterocycles. The maximum absolute atomic E-state index is 14.5. The first-order valence-corrected chi connectivity index (χ1v) is 10.7. The maximum Gasteiger partial charge on any atom is 0.256 e. The van der Waals surface area contributed by atoms with E-state index in [1.807, 2.05) is 13.8 Å². The number of likely N-dealkylation sites (tertiary alicyclic amines) is 1. The Hall–Kier alpha value is -2.62. The predicted octanol–water partition coefficient (Wildman–Crippen LogP) is 3.31. The van der Waals surface area contributed by atoms with Gasteiger partial charge in [0.25, 0.3) is 5.91 Å². The van der Waals surface area contributed by atoms with Crippen molar-refractivity contribution in [1.82, 2.24) is 10.2 Å². The van der Waals surface area contributed by atoms with Gasteiger partial charge < -0.3 is 26.4 Å². The van der Waals surface area contributed by atoms with Gasteiger partial charge in [0.2, 0.25) is 0 Å². The summed E-state index contributed by atoms with van der Waals surface area (Å²) in [5.74, 6) is -3.68.